The van der Waals surface area contributed by atoms with Crippen molar-refractivity contribution in [3.05, 3.63) is 21.3 Å². The van der Waals surface area contributed by atoms with Crippen molar-refractivity contribution in [2.75, 3.05) is 33.3 Å². The number of aromatic hydroxyl groups is 1. The van der Waals surface area contributed by atoms with Gasteiger partial charge in [-0.2, -0.15) is 0 Å². The summed E-state index contributed by atoms with van der Waals surface area (Å²) in [7, 11) is 1.56. The number of piperidine rings is 1. The fraction of sp³-hybridized carbons (Fsp3) is 0.611. The number of methoxy groups -OCH3 is 1. The number of hydrogen-bond acceptors (Lipinski definition) is 4. The molecule has 1 saturated heterocycles. The molecule has 0 saturated carbocycles. The van der Waals surface area contributed by atoms with Gasteiger partial charge in [0.05, 0.1) is 16.6 Å². The lowest BCUT2D eigenvalue weighted by Crippen LogP contribution is -2.44. The van der Waals surface area contributed by atoms with Crippen molar-refractivity contribution >= 4 is 28.5 Å². The van der Waals surface area contributed by atoms with E-state index in [9.17, 15) is 9.90 Å². The molecular weight excluding hydrogens is 419 g/mol. The molecule has 134 valence electrons. The van der Waals surface area contributed by atoms with E-state index in [0.29, 0.717) is 5.75 Å². The van der Waals surface area contributed by atoms with Crippen molar-refractivity contribution in [1.82, 2.24) is 9.80 Å². The minimum atomic E-state index is 0.0942. The van der Waals surface area contributed by atoms with Gasteiger partial charge in [0, 0.05) is 26.2 Å². The molecule has 1 fully saturated rings. The molecule has 1 aliphatic rings. The smallest absolute Gasteiger partial charge is 0.226 e. The Balaban J connectivity index is 2.05. The molecule has 1 aliphatic heterocycles. The lowest BCUT2D eigenvalue weighted by Gasteiger charge is -2.34. The van der Waals surface area contributed by atoms with Crippen LogP contribution in [0.5, 0.6) is 11.5 Å². The van der Waals surface area contributed by atoms with Gasteiger partial charge in [-0.25, -0.2) is 0 Å². The zero-order valence-electron chi connectivity index (χ0n) is 14.7. The fourth-order valence-corrected chi connectivity index (χ4v) is 3.99. The number of benzene rings is 1. The third-order valence-corrected chi connectivity index (χ3v) is 5.47. The number of hydrogen-bond donors (Lipinski definition) is 1. The van der Waals surface area contributed by atoms with E-state index in [2.05, 4.69) is 27.5 Å². The molecule has 0 unspecified atom stereocenters. The largest absolute Gasteiger partial charge is 0.504 e. The van der Waals surface area contributed by atoms with E-state index < -0.39 is 0 Å². The number of ether oxygens (including phenoxy) is 1. The summed E-state index contributed by atoms with van der Waals surface area (Å²) in [5, 5.41) is 9.96. The predicted octanol–water partition coefficient (Wildman–Crippen LogP) is 3.09. The Morgan fingerprint density at radius 2 is 2.12 bits per heavy atom. The highest BCUT2D eigenvalue weighted by Gasteiger charge is 2.28. The first-order valence-corrected chi connectivity index (χ1v) is 9.64. The highest BCUT2D eigenvalue weighted by atomic mass is 127. The lowest BCUT2D eigenvalue weighted by atomic mass is 9.96. The molecule has 6 heteroatoms. The first-order valence-electron chi connectivity index (χ1n) is 8.56. The number of phenolic OH excluding ortho intramolecular Hbond substituents is 1. The van der Waals surface area contributed by atoms with Crippen LogP contribution in [0.3, 0.4) is 0 Å². The summed E-state index contributed by atoms with van der Waals surface area (Å²) in [6, 6.07) is 3.86. The van der Waals surface area contributed by atoms with Crippen LogP contribution in [-0.2, 0) is 11.3 Å². The maximum absolute atomic E-state index is 12.6. The highest BCUT2D eigenvalue weighted by molar-refractivity contribution is 14.1. The second-order valence-electron chi connectivity index (χ2n) is 6.21. The summed E-state index contributed by atoms with van der Waals surface area (Å²) in [6.45, 7) is 8.20. The van der Waals surface area contributed by atoms with E-state index in [1.165, 1.54) is 0 Å². The number of carbonyl (C=O) groups is 1. The molecule has 1 heterocycles. The van der Waals surface area contributed by atoms with Gasteiger partial charge in [0.2, 0.25) is 5.91 Å². The number of amides is 1. The lowest BCUT2D eigenvalue weighted by molar-refractivity contribution is -0.137. The Hall–Kier alpha value is -1.02. The second-order valence-corrected chi connectivity index (χ2v) is 7.38. The Labute approximate surface area is 158 Å². The van der Waals surface area contributed by atoms with Gasteiger partial charge in [-0.15, -0.1) is 0 Å². The average molecular weight is 446 g/mol. The Kier molecular flexibility index (Phi) is 7.16. The van der Waals surface area contributed by atoms with Gasteiger partial charge in [0.15, 0.2) is 11.5 Å². The van der Waals surface area contributed by atoms with E-state index in [1.54, 1.807) is 7.11 Å². The molecule has 0 aromatic heterocycles. The molecular formula is C18H27IN2O3. The monoisotopic (exact) mass is 446 g/mol. The molecule has 1 aromatic carbocycles. The van der Waals surface area contributed by atoms with Gasteiger partial charge >= 0.3 is 0 Å². The van der Waals surface area contributed by atoms with Gasteiger partial charge in [0.1, 0.15) is 0 Å². The molecule has 0 spiro atoms. The van der Waals surface area contributed by atoms with Gasteiger partial charge in [-0.1, -0.05) is 0 Å². The number of phenols is 1. The number of nitrogens with zero attached hydrogens (tertiary/aromatic N) is 2. The van der Waals surface area contributed by atoms with Crippen LogP contribution in [0.4, 0.5) is 0 Å². The highest BCUT2D eigenvalue weighted by Crippen LogP contribution is 2.33. The van der Waals surface area contributed by atoms with Crippen molar-refractivity contribution < 1.29 is 14.6 Å². The van der Waals surface area contributed by atoms with Crippen molar-refractivity contribution in [2.24, 2.45) is 5.92 Å². The van der Waals surface area contributed by atoms with Crippen LogP contribution in [0.1, 0.15) is 32.3 Å². The average Bonchev–Trinajstić information content (AvgIpc) is 2.59. The van der Waals surface area contributed by atoms with Crippen LogP contribution in [0.2, 0.25) is 0 Å². The van der Waals surface area contributed by atoms with E-state index in [1.807, 2.05) is 30.9 Å². The fourth-order valence-electron chi connectivity index (χ4n) is 3.33. The van der Waals surface area contributed by atoms with Crippen molar-refractivity contribution in [3.8, 4) is 11.5 Å². The summed E-state index contributed by atoms with van der Waals surface area (Å²) < 4.78 is 6.03. The molecule has 2 rings (SSSR count). The minimum absolute atomic E-state index is 0.0942. The van der Waals surface area contributed by atoms with Crippen LogP contribution >= 0.6 is 22.6 Å². The van der Waals surface area contributed by atoms with Crippen LogP contribution in [0.15, 0.2) is 12.1 Å². The summed E-state index contributed by atoms with van der Waals surface area (Å²) in [5.74, 6) is 1.07. The van der Waals surface area contributed by atoms with E-state index in [4.69, 9.17) is 4.74 Å². The Morgan fingerprint density at radius 3 is 2.75 bits per heavy atom. The number of halogens is 1. The van der Waals surface area contributed by atoms with E-state index in [-0.39, 0.29) is 17.6 Å². The second kappa shape index (κ2) is 8.89. The minimum Gasteiger partial charge on any atom is -0.504 e. The molecule has 1 N–H and O–H groups in total. The normalized spacial score (nSPS) is 18.4. The summed E-state index contributed by atoms with van der Waals surface area (Å²) in [6.07, 6.45) is 2.02. The molecule has 1 amide bonds. The first kappa shape index (κ1) is 19.3. The molecule has 0 radical (unpaired) electrons. The molecule has 24 heavy (non-hydrogen) atoms. The Morgan fingerprint density at radius 1 is 1.42 bits per heavy atom. The molecule has 1 aromatic rings. The number of likely N-dealkylation sites (tertiary alicyclic amines) is 1. The predicted molar refractivity (Wildman–Crippen MR) is 103 cm³/mol. The molecule has 0 bridgehead atoms. The van der Waals surface area contributed by atoms with Gasteiger partial charge < -0.3 is 14.7 Å². The standard InChI is InChI=1S/C18H27IN2O3/c1-4-21(5-2)18(23)14-7-6-8-20(12-14)11-13-9-15(19)17(22)16(10-13)24-3/h9-10,14,22H,4-8,11-12H2,1-3H3/t14-/m1/s1. The number of carbonyl (C=O) groups excluding carboxylic acids is 1. The van der Waals surface area contributed by atoms with Crippen LogP contribution < -0.4 is 4.74 Å². The topological polar surface area (TPSA) is 53.0 Å². The van der Waals surface area contributed by atoms with Crippen LogP contribution in [0.25, 0.3) is 0 Å². The van der Waals surface area contributed by atoms with Crippen LogP contribution in [0, 0.1) is 9.49 Å². The van der Waals surface area contributed by atoms with Gasteiger partial charge in [0.25, 0.3) is 0 Å². The van der Waals surface area contributed by atoms with Gasteiger partial charge in [-0.3, -0.25) is 9.69 Å². The van der Waals surface area contributed by atoms with Crippen LogP contribution in [-0.4, -0.2) is 54.1 Å². The first-order chi connectivity index (χ1) is 11.5. The molecule has 5 nitrogen and oxygen atoms in total. The summed E-state index contributed by atoms with van der Waals surface area (Å²) in [5.41, 5.74) is 1.10. The zero-order valence-corrected chi connectivity index (χ0v) is 16.9. The van der Waals surface area contributed by atoms with E-state index >= 15 is 0 Å². The summed E-state index contributed by atoms with van der Waals surface area (Å²) in [4.78, 5) is 16.9. The zero-order chi connectivity index (χ0) is 17.7. The summed E-state index contributed by atoms with van der Waals surface area (Å²) >= 11 is 2.12. The quantitative estimate of drug-likeness (QED) is 0.683. The third-order valence-electron chi connectivity index (χ3n) is 4.64. The maximum Gasteiger partial charge on any atom is 0.226 e. The molecule has 0 aliphatic carbocycles. The SMILES string of the molecule is CCN(CC)C(=O)[C@@H]1CCCN(Cc2cc(I)c(O)c(OC)c2)C1. The maximum atomic E-state index is 12.6. The van der Waals surface area contributed by atoms with Crippen molar-refractivity contribution in [1.29, 1.82) is 0 Å². The van der Waals surface area contributed by atoms with Gasteiger partial charge in [-0.05, 0) is 73.5 Å². The Bertz CT molecular complexity index is 576. The van der Waals surface area contributed by atoms with Crippen molar-refractivity contribution in [3.63, 3.8) is 0 Å². The van der Waals surface area contributed by atoms with E-state index in [0.717, 1.165) is 54.7 Å². The molecule has 1 atom stereocenters. The number of rotatable bonds is 6. The van der Waals surface area contributed by atoms with Crippen molar-refractivity contribution in [2.45, 2.75) is 33.2 Å². The third kappa shape index (κ3) is 4.53.